The van der Waals surface area contributed by atoms with Crippen molar-refractivity contribution in [1.29, 1.82) is 0 Å². The fraction of sp³-hybridized carbons (Fsp3) is 0. The number of aromatic nitrogens is 2. The molecule has 0 fully saturated rings. The van der Waals surface area contributed by atoms with Gasteiger partial charge in [-0.05, 0) is 134 Å². The molecule has 344 valence electrons. The lowest BCUT2D eigenvalue weighted by Crippen LogP contribution is -1.96. The second-order valence-corrected chi connectivity index (χ2v) is 19.1. The highest BCUT2D eigenvalue weighted by molar-refractivity contribution is 6.23. The lowest BCUT2D eigenvalue weighted by atomic mass is 9.85. The highest BCUT2D eigenvalue weighted by atomic mass is 14.8. The minimum absolute atomic E-state index is 0.851. The third-order valence-electron chi connectivity index (χ3n) is 14.8. The van der Waals surface area contributed by atoms with E-state index in [0.29, 0.717) is 0 Å². The van der Waals surface area contributed by atoms with Crippen molar-refractivity contribution in [3.8, 4) is 89.3 Å². The number of nitrogens with zero attached hydrogens (tertiary/aromatic N) is 2. The van der Waals surface area contributed by atoms with E-state index < -0.39 is 0 Å². The Kier molecular flexibility index (Phi) is 10.6. The van der Waals surface area contributed by atoms with E-state index in [2.05, 4.69) is 267 Å². The Bertz CT molecular complexity index is 4040. The van der Waals surface area contributed by atoms with Gasteiger partial charge in [-0.3, -0.25) is 0 Å². The van der Waals surface area contributed by atoms with Crippen LogP contribution in [0.1, 0.15) is 0 Å². The first kappa shape index (κ1) is 43.1. The Labute approximate surface area is 430 Å². The first-order chi connectivity index (χ1) is 36.7. The van der Waals surface area contributed by atoms with E-state index in [1.165, 1.54) is 98.7 Å². The third kappa shape index (κ3) is 7.43. The van der Waals surface area contributed by atoms with Gasteiger partial charge in [-0.15, -0.1) is 0 Å². The van der Waals surface area contributed by atoms with E-state index in [0.717, 1.165) is 44.7 Å². The van der Waals surface area contributed by atoms with Crippen LogP contribution in [0.4, 0.5) is 0 Å². The van der Waals surface area contributed by atoms with E-state index in [1.54, 1.807) is 0 Å². The van der Waals surface area contributed by atoms with Gasteiger partial charge in [-0.25, -0.2) is 9.97 Å². The minimum atomic E-state index is 0.851. The highest BCUT2D eigenvalue weighted by Crippen LogP contribution is 2.47. The zero-order valence-electron chi connectivity index (χ0n) is 40.5. The standard InChI is InChI=1S/C72H46N2/c1-3-19-47(20-4-1)53-23-17-25-55(45-53)69-61-31-11-7-27-57(61)67(58-28-8-12-32-62(58)69)49-37-41-51(42-38-49)71-72(74-66-36-16-15-35-65(66)73-71)52-43-39-50(40-44-52)68-59-29-9-13-33-63(59)70(64-34-14-10-30-60(64)68)56-26-18-24-54(46-56)48-21-5-2-6-22-48/h1-46H. The molecule has 0 spiro atoms. The molecule has 13 aromatic carbocycles. The smallest absolute Gasteiger partial charge is 0.0973 e. The van der Waals surface area contributed by atoms with Gasteiger partial charge in [0.25, 0.3) is 0 Å². The molecule has 0 aliphatic carbocycles. The van der Waals surface area contributed by atoms with Gasteiger partial charge >= 0.3 is 0 Å². The van der Waals surface area contributed by atoms with Gasteiger partial charge in [-0.1, -0.05) is 255 Å². The Morgan fingerprint density at radius 1 is 0.162 bits per heavy atom. The van der Waals surface area contributed by atoms with Gasteiger partial charge in [0, 0.05) is 11.1 Å². The van der Waals surface area contributed by atoms with Crippen LogP contribution in [0.15, 0.2) is 279 Å². The summed E-state index contributed by atoms with van der Waals surface area (Å²) < 4.78 is 0. The van der Waals surface area contributed by atoms with Gasteiger partial charge in [0.05, 0.1) is 22.4 Å². The normalized spacial score (nSPS) is 11.5. The van der Waals surface area contributed by atoms with E-state index in [4.69, 9.17) is 9.97 Å². The number of hydrogen-bond acceptors (Lipinski definition) is 2. The second-order valence-electron chi connectivity index (χ2n) is 19.1. The molecule has 74 heavy (non-hydrogen) atoms. The number of hydrogen-bond donors (Lipinski definition) is 0. The average Bonchev–Trinajstić information content (AvgIpc) is 3.48. The van der Waals surface area contributed by atoms with Crippen molar-refractivity contribution >= 4 is 54.1 Å². The van der Waals surface area contributed by atoms with Crippen molar-refractivity contribution in [2.24, 2.45) is 0 Å². The molecule has 2 heteroatoms. The zero-order valence-corrected chi connectivity index (χ0v) is 40.5. The van der Waals surface area contributed by atoms with E-state index >= 15 is 0 Å². The number of para-hydroxylation sites is 2. The van der Waals surface area contributed by atoms with E-state index in [9.17, 15) is 0 Å². The number of benzene rings is 13. The van der Waals surface area contributed by atoms with Crippen LogP contribution in [0.25, 0.3) is 143 Å². The van der Waals surface area contributed by atoms with Crippen molar-refractivity contribution in [2.75, 3.05) is 0 Å². The van der Waals surface area contributed by atoms with Crippen LogP contribution < -0.4 is 0 Å². The quantitative estimate of drug-likeness (QED) is 0.142. The molecule has 0 N–H and O–H groups in total. The maximum atomic E-state index is 5.36. The van der Waals surface area contributed by atoms with E-state index in [1.807, 2.05) is 12.1 Å². The molecule has 0 aliphatic heterocycles. The van der Waals surface area contributed by atoms with Crippen molar-refractivity contribution < 1.29 is 0 Å². The summed E-state index contributed by atoms with van der Waals surface area (Å²) in [7, 11) is 0. The molecule has 0 bridgehead atoms. The summed E-state index contributed by atoms with van der Waals surface area (Å²) in [4.78, 5) is 10.7. The SMILES string of the molecule is c1ccc(-c2cccc(-c3c4ccccc4c(-c4ccc(-c5nc6ccccc6nc5-c5ccc(-c6c7ccccc7c(-c7cccc(-c8ccccc8)c7)c7ccccc67)cc5)cc4)c4ccccc34)c2)cc1. The predicted octanol–water partition coefficient (Wildman–Crippen LogP) is 19.6. The van der Waals surface area contributed by atoms with Crippen LogP contribution in [-0.2, 0) is 0 Å². The van der Waals surface area contributed by atoms with Gasteiger partial charge in [0.2, 0.25) is 0 Å². The lowest BCUT2D eigenvalue weighted by molar-refractivity contribution is 1.29. The Morgan fingerprint density at radius 3 is 0.730 bits per heavy atom. The third-order valence-corrected chi connectivity index (χ3v) is 14.8. The van der Waals surface area contributed by atoms with Crippen LogP contribution in [0.2, 0.25) is 0 Å². The molecule has 0 unspecified atom stereocenters. The fourth-order valence-corrected chi connectivity index (χ4v) is 11.5. The molecule has 14 aromatic rings. The summed E-state index contributed by atoms with van der Waals surface area (Å²) in [5.41, 5.74) is 19.9. The fourth-order valence-electron chi connectivity index (χ4n) is 11.5. The van der Waals surface area contributed by atoms with Gasteiger partial charge in [0.15, 0.2) is 0 Å². The van der Waals surface area contributed by atoms with Crippen LogP contribution in [-0.4, -0.2) is 9.97 Å². The van der Waals surface area contributed by atoms with Gasteiger partial charge < -0.3 is 0 Å². The van der Waals surface area contributed by atoms with Crippen LogP contribution >= 0.6 is 0 Å². The molecule has 1 heterocycles. The van der Waals surface area contributed by atoms with Crippen LogP contribution in [0.3, 0.4) is 0 Å². The van der Waals surface area contributed by atoms with Crippen LogP contribution in [0.5, 0.6) is 0 Å². The molecule has 0 saturated heterocycles. The zero-order chi connectivity index (χ0) is 49.0. The number of rotatable bonds is 8. The molecule has 1 aromatic heterocycles. The van der Waals surface area contributed by atoms with Gasteiger partial charge in [-0.2, -0.15) is 0 Å². The average molecular weight is 939 g/mol. The Balaban J connectivity index is 0.871. The molecule has 0 amide bonds. The molecular weight excluding hydrogens is 893 g/mol. The van der Waals surface area contributed by atoms with Crippen molar-refractivity contribution in [3.63, 3.8) is 0 Å². The predicted molar refractivity (Wildman–Crippen MR) is 313 cm³/mol. The molecule has 0 aliphatic rings. The van der Waals surface area contributed by atoms with Crippen molar-refractivity contribution in [1.82, 2.24) is 9.97 Å². The molecule has 0 atom stereocenters. The molecule has 0 radical (unpaired) electrons. The summed E-state index contributed by atoms with van der Waals surface area (Å²) in [5.74, 6) is 0. The maximum Gasteiger partial charge on any atom is 0.0973 e. The summed E-state index contributed by atoms with van der Waals surface area (Å²) in [6.45, 7) is 0. The largest absolute Gasteiger partial charge is 0.244 e. The summed E-state index contributed by atoms with van der Waals surface area (Å²) in [6, 6.07) is 101. The Morgan fingerprint density at radius 2 is 0.405 bits per heavy atom. The topological polar surface area (TPSA) is 25.8 Å². The molecule has 0 saturated carbocycles. The number of fused-ring (bicyclic) bond motifs is 5. The van der Waals surface area contributed by atoms with Crippen molar-refractivity contribution in [3.05, 3.63) is 279 Å². The molecule has 14 rings (SSSR count). The maximum absolute atomic E-state index is 5.36. The first-order valence-electron chi connectivity index (χ1n) is 25.4. The van der Waals surface area contributed by atoms with Gasteiger partial charge in [0.1, 0.15) is 0 Å². The highest BCUT2D eigenvalue weighted by Gasteiger charge is 2.21. The summed E-state index contributed by atoms with van der Waals surface area (Å²) in [5, 5.41) is 9.80. The van der Waals surface area contributed by atoms with Crippen LogP contribution in [0, 0.1) is 0 Å². The monoisotopic (exact) mass is 938 g/mol. The minimum Gasteiger partial charge on any atom is -0.244 e. The second kappa shape index (κ2) is 18.1. The molecular formula is C72H46N2. The van der Waals surface area contributed by atoms with E-state index in [-0.39, 0.29) is 0 Å². The van der Waals surface area contributed by atoms with Crippen molar-refractivity contribution in [2.45, 2.75) is 0 Å². The summed E-state index contributed by atoms with van der Waals surface area (Å²) in [6.07, 6.45) is 0. The first-order valence-corrected chi connectivity index (χ1v) is 25.4. The lowest BCUT2D eigenvalue weighted by Gasteiger charge is -2.19. The molecule has 2 nitrogen and oxygen atoms in total. The Hall–Kier alpha value is -9.76. The summed E-state index contributed by atoms with van der Waals surface area (Å²) >= 11 is 0.